The zero-order valence-electron chi connectivity index (χ0n) is 26.6. The van der Waals surface area contributed by atoms with Crippen molar-refractivity contribution >= 4 is 29.9 Å². The van der Waals surface area contributed by atoms with Crippen molar-refractivity contribution in [2.45, 2.75) is 104 Å². The number of likely N-dealkylation sites (tertiary alicyclic amines) is 1. The zero-order valence-corrected chi connectivity index (χ0v) is 26.6. The molecule has 4 amide bonds. The summed E-state index contributed by atoms with van der Waals surface area (Å²) in [5.41, 5.74) is -1.26. The van der Waals surface area contributed by atoms with Crippen LogP contribution in [0.4, 0.5) is 5.82 Å². The summed E-state index contributed by atoms with van der Waals surface area (Å²) in [6.45, 7) is 14.1. The molecule has 2 atom stereocenters. The van der Waals surface area contributed by atoms with Gasteiger partial charge in [0.2, 0.25) is 24.1 Å². The number of hydroxylamine groups is 2. The highest BCUT2D eigenvalue weighted by Gasteiger charge is 2.39. The van der Waals surface area contributed by atoms with Crippen LogP contribution in [0.25, 0.3) is 0 Å². The predicted molar refractivity (Wildman–Crippen MR) is 165 cm³/mol. The van der Waals surface area contributed by atoms with E-state index in [0.29, 0.717) is 38.3 Å². The number of amides is 4. The van der Waals surface area contributed by atoms with Crippen molar-refractivity contribution in [3.05, 3.63) is 48.4 Å². The Morgan fingerprint density at radius 1 is 1.12 bits per heavy atom. The number of rotatable bonds is 13. The minimum absolute atomic E-state index is 0.0131. The predicted octanol–water partition coefficient (Wildman–Crippen LogP) is 4.31. The van der Waals surface area contributed by atoms with Crippen molar-refractivity contribution in [3.63, 3.8) is 0 Å². The van der Waals surface area contributed by atoms with Crippen LogP contribution in [0.3, 0.4) is 0 Å². The van der Waals surface area contributed by atoms with E-state index in [-0.39, 0.29) is 11.7 Å². The van der Waals surface area contributed by atoms with E-state index in [0.717, 1.165) is 29.9 Å². The zero-order chi connectivity index (χ0) is 31.8. The van der Waals surface area contributed by atoms with E-state index >= 15 is 0 Å². The minimum Gasteiger partial charge on any atom is -0.342 e. The summed E-state index contributed by atoms with van der Waals surface area (Å²) in [6.07, 6.45) is 7.50. The van der Waals surface area contributed by atoms with Crippen molar-refractivity contribution in [2.75, 3.05) is 18.4 Å². The van der Waals surface area contributed by atoms with Crippen LogP contribution >= 0.6 is 0 Å². The van der Waals surface area contributed by atoms with Gasteiger partial charge in [0.05, 0.1) is 11.9 Å². The molecular formula is C32H48N6O5. The van der Waals surface area contributed by atoms with Crippen LogP contribution in [0.2, 0.25) is 0 Å². The highest BCUT2D eigenvalue weighted by molar-refractivity contribution is 5.98. The average Bonchev–Trinajstić information content (AvgIpc) is 3.41. The molecule has 2 heterocycles. The molecule has 0 saturated carbocycles. The molecule has 0 spiro atoms. The van der Waals surface area contributed by atoms with Gasteiger partial charge in [0.25, 0.3) is 0 Å². The maximum atomic E-state index is 13.7. The third-order valence-electron chi connectivity index (χ3n) is 7.64. The molecule has 43 heavy (non-hydrogen) atoms. The monoisotopic (exact) mass is 596 g/mol. The molecule has 1 aromatic heterocycles. The van der Waals surface area contributed by atoms with Gasteiger partial charge in [-0.1, -0.05) is 57.0 Å². The molecule has 2 N–H and O–H groups in total. The van der Waals surface area contributed by atoms with Crippen molar-refractivity contribution < 1.29 is 24.0 Å². The first kappa shape index (κ1) is 33.8. The lowest BCUT2D eigenvalue weighted by Crippen LogP contribution is -2.59. The smallest absolute Gasteiger partial charge is 0.250 e. The van der Waals surface area contributed by atoms with Crippen LogP contribution in [-0.4, -0.2) is 73.9 Å². The first-order valence-electron chi connectivity index (χ1n) is 15.2. The van der Waals surface area contributed by atoms with E-state index in [1.807, 2.05) is 42.2 Å². The number of anilines is 1. The molecule has 0 radical (unpaired) electrons. The second-order valence-corrected chi connectivity index (χ2v) is 12.9. The fourth-order valence-electron chi connectivity index (χ4n) is 4.91. The van der Waals surface area contributed by atoms with Crippen LogP contribution in [-0.2, 0) is 24.0 Å². The van der Waals surface area contributed by atoms with E-state index in [1.54, 1.807) is 51.7 Å². The number of hydrogen-bond donors (Lipinski definition) is 2. The van der Waals surface area contributed by atoms with Crippen molar-refractivity contribution in [1.82, 2.24) is 24.8 Å². The number of unbranched alkanes of at least 4 members (excludes halogenated alkanes) is 1. The van der Waals surface area contributed by atoms with Crippen LogP contribution < -0.4 is 10.6 Å². The van der Waals surface area contributed by atoms with Gasteiger partial charge in [-0.05, 0) is 65.4 Å². The number of carbonyl (C=O) groups is 4. The molecule has 11 heteroatoms. The molecule has 1 saturated heterocycles. The first-order valence-corrected chi connectivity index (χ1v) is 15.2. The molecular weight excluding hydrogens is 548 g/mol. The lowest BCUT2D eigenvalue weighted by atomic mass is 9.97. The number of nitrogens with zero attached hydrogens (tertiary/aromatic N) is 4. The van der Waals surface area contributed by atoms with Crippen LogP contribution in [0.15, 0.2) is 42.9 Å². The van der Waals surface area contributed by atoms with E-state index in [9.17, 15) is 19.2 Å². The van der Waals surface area contributed by atoms with Gasteiger partial charge in [0.1, 0.15) is 17.6 Å². The van der Waals surface area contributed by atoms with E-state index in [4.69, 9.17) is 4.84 Å². The third-order valence-corrected chi connectivity index (χ3v) is 7.64. The summed E-state index contributed by atoms with van der Waals surface area (Å²) < 4.78 is 1.72. The largest absolute Gasteiger partial charge is 0.342 e. The highest BCUT2D eigenvalue weighted by Crippen LogP contribution is 2.26. The fourth-order valence-corrected chi connectivity index (χ4v) is 4.91. The van der Waals surface area contributed by atoms with Crippen molar-refractivity contribution in [3.8, 4) is 0 Å². The normalized spacial score (nSPS) is 15.8. The topological polar surface area (TPSA) is 126 Å². The Balaban J connectivity index is 1.79. The Labute approximate surface area is 255 Å². The molecule has 1 aliphatic heterocycles. The maximum absolute atomic E-state index is 13.7. The molecule has 3 rings (SSSR count). The molecule has 1 aliphatic rings. The second-order valence-electron chi connectivity index (χ2n) is 12.9. The Kier molecular flexibility index (Phi) is 11.5. The Bertz CT molecular complexity index is 1230. The van der Waals surface area contributed by atoms with Gasteiger partial charge in [-0.2, -0.15) is 0 Å². The number of benzene rings is 1. The molecule has 1 fully saturated rings. The van der Waals surface area contributed by atoms with Gasteiger partial charge < -0.3 is 20.1 Å². The van der Waals surface area contributed by atoms with Crippen LogP contribution in [0.1, 0.15) is 92.2 Å². The van der Waals surface area contributed by atoms with Gasteiger partial charge in [-0.3, -0.25) is 24.0 Å². The summed E-state index contributed by atoms with van der Waals surface area (Å²) in [7, 11) is 0. The Hall–Kier alpha value is -3.73. The summed E-state index contributed by atoms with van der Waals surface area (Å²) in [4.78, 5) is 64.3. The standard InChI is InChI=1S/C32H48N6O5/c1-8-9-15-25(34-30(42)32(6,7)38(22-39)43-31(3,4)5)28(40)35-26-20-37(21-33-26)27(24-13-11-10-12-14-24)29(41)36-18-16-23(2)17-19-36/h10-14,20-23,25,27H,8-9,15-19H2,1-7H3,(H,34,42)(H,35,40)/t25-,27?/m1/s1. The van der Waals surface area contributed by atoms with Gasteiger partial charge in [0, 0.05) is 19.3 Å². The Morgan fingerprint density at radius 2 is 1.77 bits per heavy atom. The lowest BCUT2D eigenvalue weighted by molar-refractivity contribution is -0.247. The van der Waals surface area contributed by atoms with Crippen LogP contribution in [0.5, 0.6) is 0 Å². The summed E-state index contributed by atoms with van der Waals surface area (Å²) in [5, 5.41) is 6.60. The Morgan fingerprint density at radius 3 is 2.35 bits per heavy atom. The number of nitrogens with one attached hydrogen (secondary N) is 2. The molecule has 236 valence electrons. The quantitative estimate of drug-likeness (QED) is 0.262. The lowest BCUT2D eigenvalue weighted by Gasteiger charge is -2.37. The number of carbonyl (C=O) groups excluding carboxylic acids is 4. The molecule has 0 aliphatic carbocycles. The average molecular weight is 597 g/mol. The van der Waals surface area contributed by atoms with Crippen molar-refractivity contribution in [1.29, 1.82) is 0 Å². The molecule has 0 bridgehead atoms. The summed E-state index contributed by atoms with van der Waals surface area (Å²) in [6, 6.07) is 8.03. The van der Waals surface area contributed by atoms with Crippen LogP contribution in [0, 0.1) is 5.92 Å². The van der Waals surface area contributed by atoms with E-state index < -0.39 is 35.0 Å². The van der Waals surface area contributed by atoms with Gasteiger partial charge >= 0.3 is 0 Å². The van der Waals surface area contributed by atoms with E-state index in [1.165, 1.54) is 0 Å². The SMILES string of the molecule is CCCC[C@@H](NC(=O)C(C)(C)N(C=O)OC(C)(C)C)C(=O)Nc1cn(C(C(=O)N2CCC(C)CC2)c2ccccc2)cn1. The third kappa shape index (κ3) is 9.13. The number of piperidine rings is 1. The van der Waals surface area contributed by atoms with Crippen molar-refractivity contribution in [2.24, 2.45) is 5.92 Å². The second kappa shape index (κ2) is 14.6. The first-order chi connectivity index (χ1) is 20.3. The molecule has 11 nitrogen and oxygen atoms in total. The summed E-state index contributed by atoms with van der Waals surface area (Å²) in [5.74, 6) is -0.123. The molecule has 2 aromatic rings. The highest BCUT2D eigenvalue weighted by atomic mass is 16.7. The maximum Gasteiger partial charge on any atom is 0.250 e. The molecule has 1 unspecified atom stereocenters. The number of hydrogen-bond acceptors (Lipinski definition) is 6. The van der Waals surface area contributed by atoms with Gasteiger partial charge in [0.15, 0.2) is 5.82 Å². The van der Waals surface area contributed by atoms with Gasteiger partial charge in [-0.15, -0.1) is 0 Å². The number of imidazole rings is 1. The minimum atomic E-state index is -1.38. The number of aromatic nitrogens is 2. The summed E-state index contributed by atoms with van der Waals surface area (Å²) >= 11 is 0. The van der Waals surface area contributed by atoms with E-state index in [2.05, 4.69) is 22.5 Å². The molecule has 1 aromatic carbocycles. The fraction of sp³-hybridized carbons (Fsp3) is 0.594. The van der Waals surface area contributed by atoms with Gasteiger partial charge in [-0.25, -0.2) is 10.0 Å².